The first-order chi connectivity index (χ1) is 11.1. The Morgan fingerprint density at radius 3 is 2.78 bits per heavy atom. The summed E-state index contributed by atoms with van der Waals surface area (Å²) in [5.74, 6) is 2.17. The maximum atomic E-state index is 12.3. The highest BCUT2D eigenvalue weighted by atomic mass is 32.2. The highest BCUT2D eigenvalue weighted by molar-refractivity contribution is 7.99. The van der Waals surface area contributed by atoms with Gasteiger partial charge in [0, 0.05) is 37.8 Å². The molecule has 0 atom stereocenters. The molecule has 1 aliphatic rings. The maximum Gasteiger partial charge on any atom is 0.277 e. The summed E-state index contributed by atoms with van der Waals surface area (Å²) < 4.78 is 5.26. The van der Waals surface area contributed by atoms with Gasteiger partial charge in [0.15, 0.2) is 0 Å². The molecule has 2 aromatic rings. The SMILES string of the molecule is Cc1nccc(C2CCN(C(=O)CSc3nnc(C)o3)CC2)n1. The lowest BCUT2D eigenvalue weighted by Crippen LogP contribution is -2.39. The van der Waals surface area contributed by atoms with Crippen LogP contribution in [0.15, 0.2) is 21.9 Å². The number of nitrogens with zero attached hydrogens (tertiary/aromatic N) is 5. The van der Waals surface area contributed by atoms with Crippen LogP contribution in [-0.2, 0) is 4.79 Å². The van der Waals surface area contributed by atoms with Gasteiger partial charge in [0.05, 0.1) is 5.75 Å². The van der Waals surface area contributed by atoms with Gasteiger partial charge in [-0.1, -0.05) is 11.8 Å². The standard InChI is InChI=1S/C15H19N5O2S/c1-10-16-6-3-13(17-10)12-4-7-20(8-5-12)14(21)9-23-15-19-18-11(2)22-15/h3,6,12H,4-5,7-9H2,1-2H3. The predicted molar refractivity (Wildman–Crippen MR) is 85.1 cm³/mol. The first kappa shape index (κ1) is 15.9. The van der Waals surface area contributed by atoms with Crippen LogP contribution in [0.3, 0.4) is 0 Å². The molecule has 0 radical (unpaired) electrons. The molecule has 1 fully saturated rings. The van der Waals surface area contributed by atoms with E-state index in [-0.39, 0.29) is 5.91 Å². The van der Waals surface area contributed by atoms with Crippen LogP contribution in [0.4, 0.5) is 0 Å². The van der Waals surface area contributed by atoms with Gasteiger partial charge in [0.1, 0.15) is 5.82 Å². The maximum absolute atomic E-state index is 12.3. The number of amides is 1. The molecule has 1 amide bonds. The molecule has 8 heteroatoms. The Morgan fingerprint density at radius 1 is 1.35 bits per heavy atom. The van der Waals surface area contributed by atoms with Gasteiger partial charge >= 0.3 is 0 Å². The smallest absolute Gasteiger partial charge is 0.277 e. The zero-order chi connectivity index (χ0) is 16.2. The molecule has 1 aliphatic heterocycles. The summed E-state index contributed by atoms with van der Waals surface area (Å²) in [6.07, 6.45) is 3.68. The van der Waals surface area contributed by atoms with Gasteiger partial charge in [0.2, 0.25) is 11.8 Å². The number of piperidine rings is 1. The number of rotatable bonds is 4. The monoisotopic (exact) mass is 333 g/mol. The molecule has 0 aromatic carbocycles. The Kier molecular flexibility index (Phi) is 4.90. The third kappa shape index (κ3) is 4.07. The molecule has 0 N–H and O–H groups in total. The minimum Gasteiger partial charge on any atom is -0.416 e. The van der Waals surface area contributed by atoms with Crippen LogP contribution >= 0.6 is 11.8 Å². The van der Waals surface area contributed by atoms with Crippen molar-refractivity contribution in [3.8, 4) is 0 Å². The Morgan fingerprint density at radius 2 is 2.13 bits per heavy atom. The molecule has 122 valence electrons. The van der Waals surface area contributed by atoms with Crippen molar-refractivity contribution in [3.63, 3.8) is 0 Å². The summed E-state index contributed by atoms with van der Waals surface area (Å²) in [6.45, 7) is 5.16. The fraction of sp³-hybridized carbons (Fsp3) is 0.533. The zero-order valence-corrected chi connectivity index (χ0v) is 14.0. The van der Waals surface area contributed by atoms with E-state index in [1.54, 1.807) is 13.1 Å². The van der Waals surface area contributed by atoms with Crippen LogP contribution in [0.1, 0.15) is 36.2 Å². The van der Waals surface area contributed by atoms with E-state index in [0.29, 0.717) is 22.8 Å². The highest BCUT2D eigenvalue weighted by Gasteiger charge is 2.25. The predicted octanol–water partition coefficient (Wildman–Crippen LogP) is 1.97. The third-order valence-electron chi connectivity index (χ3n) is 3.89. The Labute approximate surface area is 138 Å². The summed E-state index contributed by atoms with van der Waals surface area (Å²) in [5, 5.41) is 8.08. The number of carbonyl (C=O) groups excluding carboxylic acids is 1. The Hall–Kier alpha value is -1.96. The van der Waals surface area contributed by atoms with Crippen molar-refractivity contribution in [3.05, 3.63) is 29.7 Å². The van der Waals surface area contributed by atoms with Gasteiger partial charge in [-0.05, 0) is 25.8 Å². The van der Waals surface area contributed by atoms with Gasteiger partial charge in [-0.2, -0.15) is 0 Å². The molecule has 0 aliphatic carbocycles. The molecule has 0 spiro atoms. The average molecular weight is 333 g/mol. The molecule has 3 heterocycles. The lowest BCUT2D eigenvalue weighted by Gasteiger charge is -2.31. The van der Waals surface area contributed by atoms with Crippen molar-refractivity contribution in [1.29, 1.82) is 0 Å². The number of carbonyl (C=O) groups is 1. The zero-order valence-electron chi connectivity index (χ0n) is 13.2. The van der Waals surface area contributed by atoms with E-state index in [4.69, 9.17) is 4.42 Å². The lowest BCUT2D eigenvalue weighted by molar-refractivity contribution is -0.129. The van der Waals surface area contributed by atoms with Crippen LogP contribution in [-0.4, -0.2) is 49.8 Å². The van der Waals surface area contributed by atoms with E-state index >= 15 is 0 Å². The van der Waals surface area contributed by atoms with Crippen molar-refractivity contribution >= 4 is 17.7 Å². The summed E-state index contributed by atoms with van der Waals surface area (Å²) in [4.78, 5) is 22.8. The molecular weight excluding hydrogens is 314 g/mol. The lowest BCUT2D eigenvalue weighted by atomic mass is 9.93. The van der Waals surface area contributed by atoms with Crippen LogP contribution < -0.4 is 0 Å². The topological polar surface area (TPSA) is 85.0 Å². The van der Waals surface area contributed by atoms with Gasteiger partial charge in [0.25, 0.3) is 5.22 Å². The van der Waals surface area contributed by atoms with Gasteiger partial charge in [-0.3, -0.25) is 4.79 Å². The number of thioether (sulfide) groups is 1. The molecule has 0 bridgehead atoms. The number of aryl methyl sites for hydroxylation is 2. The summed E-state index contributed by atoms with van der Waals surface area (Å²) in [5.41, 5.74) is 1.08. The minimum atomic E-state index is 0.114. The number of aromatic nitrogens is 4. The van der Waals surface area contributed by atoms with E-state index in [2.05, 4.69) is 20.2 Å². The highest BCUT2D eigenvalue weighted by Crippen LogP contribution is 2.27. The van der Waals surface area contributed by atoms with Crippen molar-refractivity contribution in [1.82, 2.24) is 25.1 Å². The van der Waals surface area contributed by atoms with E-state index in [0.717, 1.165) is 37.4 Å². The van der Waals surface area contributed by atoms with Crippen molar-refractivity contribution in [2.45, 2.75) is 37.8 Å². The second-order valence-electron chi connectivity index (χ2n) is 5.56. The fourth-order valence-electron chi connectivity index (χ4n) is 2.68. The second-order valence-corrected chi connectivity index (χ2v) is 6.49. The van der Waals surface area contributed by atoms with Crippen LogP contribution in [0.2, 0.25) is 0 Å². The summed E-state index contributed by atoms with van der Waals surface area (Å²) >= 11 is 1.29. The van der Waals surface area contributed by atoms with Crippen molar-refractivity contribution in [2.75, 3.05) is 18.8 Å². The van der Waals surface area contributed by atoms with Crippen molar-refractivity contribution < 1.29 is 9.21 Å². The average Bonchev–Trinajstić information content (AvgIpc) is 2.98. The van der Waals surface area contributed by atoms with Gasteiger partial charge < -0.3 is 9.32 Å². The minimum absolute atomic E-state index is 0.114. The largest absolute Gasteiger partial charge is 0.416 e. The Balaban J connectivity index is 1.49. The molecule has 7 nitrogen and oxygen atoms in total. The number of hydrogen-bond donors (Lipinski definition) is 0. The van der Waals surface area contributed by atoms with E-state index in [1.807, 2.05) is 17.9 Å². The number of likely N-dealkylation sites (tertiary alicyclic amines) is 1. The van der Waals surface area contributed by atoms with E-state index in [1.165, 1.54) is 11.8 Å². The molecule has 0 saturated carbocycles. The van der Waals surface area contributed by atoms with E-state index in [9.17, 15) is 4.79 Å². The van der Waals surface area contributed by atoms with Crippen LogP contribution in [0.25, 0.3) is 0 Å². The molecule has 1 saturated heterocycles. The Bertz CT molecular complexity index is 682. The van der Waals surface area contributed by atoms with Crippen LogP contribution in [0.5, 0.6) is 0 Å². The quantitative estimate of drug-likeness (QED) is 0.791. The van der Waals surface area contributed by atoms with Crippen LogP contribution in [0, 0.1) is 13.8 Å². The van der Waals surface area contributed by atoms with Gasteiger partial charge in [-0.15, -0.1) is 10.2 Å². The first-order valence-corrected chi connectivity index (χ1v) is 8.60. The second kappa shape index (κ2) is 7.08. The fourth-order valence-corrected chi connectivity index (χ4v) is 3.39. The molecule has 2 aromatic heterocycles. The molecule has 23 heavy (non-hydrogen) atoms. The first-order valence-electron chi connectivity index (χ1n) is 7.62. The summed E-state index contributed by atoms with van der Waals surface area (Å²) in [7, 11) is 0. The van der Waals surface area contributed by atoms with Crippen molar-refractivity contribution in [2.24, 2.45) is 0 Å². The molecule has 3 rings (SSSR count). The van der Waals surface area contributed by atoms with Gasteiger partial charge in [-0.25, -0.2) is 9.97 Å². The van der Waals surface area contributed by atoms with E-state index < -0.39 is 0 Å². The summed E-state index contributed by atoms with van der Waals surface area (Å²) in [6, 6.07) is 1.98. The third-order valence-corrected chi connectivity index (χ3v) is 4.69. The molecular formula is C15H19N5O2S. The number of hydrogen-bond acceptors (Lipinski definition) is 7. The molecule has 0 unspecified atom stereocenters. The normalized spacial score (nSPS) is 15.8.